The van der Waals surface area contributed by atoms with Crippen molar-refractivity contribution in [1.29, 1.82) is 0 Å². The molecule has 0 amide bonds. The van der Waals surface area contributed by atoms with E-state index in [2.05, 4.69) is 17.4 Å². The van der Waals surface area contributed by atoms with Crippen LogP contribution in [-0.2, 0) is 0 Å². The molecule has 0 saturated carbocycles. The van der Waals surface area contributed by atoms with Crippen molar-refractivity contribution in [1.82, 2.24) is 10.9 Å². The van der Waals surface area contributed by atoms with Gasteiger partial charge in [-0.15, -0.1) is 0 Å². The van der Waals surface area contributed by atoms with Crippen molar-refractivity contribution in [3.8, 4) is 0 Å². The smallest absolute Gasteiger partial charge is 0.152 e. The van der Waals surface area contributed by atoms with Crippen LogP contribution < -0.4 is 10.9 Å². The Morgan fingerprint density at radius 1 is 1.29 bits per heavy atom. The van der Waals surface area contributed by atoms with E-state index in [0.29, 0.717) is 4.32 Å². The molecule has 1 aromatic carbocycles. The molecule has 0 radical (unpaired) electrons. The first kappa shape index (κ1) is 11.1. The first-order chi connectivity index (χ1) is 6.74. The molecule has 0 unspecified atom stereocenters. The van der Waals surface area contributed by atoms with Crippen LogP contribution in [0.1, 0.15) is 5.56 Å². The van der Waals surface area contributed by atoms with Gasteiger partial charge in [0, 0.05) is 0 Å². The molecule has 0 aliphatic rings. The van der Waals surface area contributed by atoms with E-state index in [0.717, 1.165) is 11.3 Å². The lowest BCUT2D eigenvalue weighted by atomic mass is 10.2. The maximum atomic E-state index is 4.97. The summed E-state index contributed by atoms with van der Waals surface area (Å²) >= 11 is 6.45. The summed E-state index contributed by atoms with van der Waals surface area (Å²) in [6.07, 6.45) is 1.92. The molecule has 0 aliphatic heterocycles. The van der Waals surface area contributed by atoms with Gasteiger partial charge in [0.1, 0.15) is 0 Å². The van der Waals surface area contributed by atoms with Crippen LogP contribution in [0.4, 0.5) is 0 Å². The molecule has 0 fully saturated rings. The summed E-state index contributed by atoms with van der Waals surface area (Å²) in [5, 5.41) is 0. The predicted molar refractivity (Wildman–Crippen MR) is 67.9 cm³/mol. The molecule has 0 aromatic heterocycles. The lowest BCUT2D eigenvalue weighted by Crippen LogP contribution is -2.32. The van der Waals surface area contributed by atoms with E-state index in [1.807, 2.05) is 36.6 Å². The highest BCUT2D eigenvalue weighted by atomic mass is 32.2. The van der Waals surface area contributed by atoms with Gasteiger partial charge in [0.05, 0.1) is 5.70 Å². The number of hydrogen-bond donors (Lipinski definition) is 2. The lowest BCUT2D eigenvalue weighted by molar-refractivity contribution is 0.863. The molecule has 0 aliphatic carbocycles. The lowest BCUT2D eigenvalue weighted by Gasteiger charge is -2.11. The highest BCUT2D eigenvalue weighted by molar-refractivity contribution is 8.22. The summed E-state index contributed by atoms with van der Waals surface area (Å²) < 4.78 is 0.696. The van der Waals surface area contributed by atoms with E-state index >= 15 is 0 Å². The van der Waals surface area contributed by atoms with Crippen LogP contribution in [0.3, 0.4) is 0 Å². The summed E-state index contributed by atoms with van der Waals surface area (Å²) in [7, 11) is 0. The predicted octanol–water partition coefficient (Wildman–Crippen LogP) is 2.40. The van der Waals surface area contributed by atoms with Crippen LogP contribution in [0, 0.1) is 0 Å². The van der Waals surface area contributed by atoms with Gasteiger partial charge in [0.15, 0.2) is 4.32 Å². The van der Waals surface area contributed by atoms with Crippen molar-refractivity contribution in [2.45, 2.75) is 0 Å². The van der Waals surface area contributed by atoms with E-state index in [9.17, 15) is 0 Å². The largest absolute Gasteiger partial charge is 0.300 e. The molecular weight excluding hydrogens is 212 g/mol. The van der Waals surface area contributed by atoms with Gasteiger partial charge in [-0.3, -0.25) is 10.9 Å². The zero-order valence-electron chi connectivity index (χ0n) is 7.91. The average molecular weight is 224 g/mol. The van der Waals surface area contributed by atoms with Crippen molar-refractivity contribution in [3.63, 3.8) is 0 Å². The molecule has 4 heteroatoms. The minimum atomic E-state index is 0.696. The summed E-state index contributed by atoms with van der Waals surface area (Å²) in [6.45, 7) is 3.89. The van der Waals surface area contributed by atoms with E-state index in [-0.39, 0.29) is 0 Å². The Bertz CT molecular complexity index is 322. The second-order valence-corrected chi connectivity index (χ2v) is 4.07. The van der Waals surface area contributed by atoms with Gasteiger partial charge < -0.3 is 0 Å². The zero-order chi connectivity index (χ0) is 10.4. The van der Waals surface area contributed by atoms with Crippen LogP contribution >= 0.6 is 24.0 Å². The van der Waals surface area contributed by atoms with Gasteiger partial charge >= 0.3 is 0 Å². The Morgan fingerprint density at radius 2 is 1.93 bits per heavy atom. The average Bonchev–Trinajstić information content (AvgIpc) is 2.26. The molecule has 0 spiro atoms. The number of thiocarbonyl (C=S) groups is 1. The standard InChI is InChI=1S/C10H12N2S2/c1-8(11-12-10(13)14-2)9-6-4-3-5-7-9/h3-7,11H,1H2,2H3,(H,12,13). The van der Waals surface area contributed by atoms with Crippen molar-refractivity contribution < 1.29 is 0 Å². The summed E-state index contributed by atoms with van der Waals surface area (Å²) in [4.78, 5) is 0. The molecular formula is C10H12N2S2. The molecule has 1 aromatic rings. The third kappa shape index (κ3) is 3.40. The summed E-state index contributed by atoms with van der Waals surface area (Å²) in [5.74, 6) is 0. The quantitative estimate of drug-likeness (QED) is 0.608. The van der Waals surface area contributed by atoms with Crippen molar-refractivity contribution in [3.05, 3.63) is 42.5 Å². The fourth-order valence-electron chi connectivity index (χ4n) is 0.889. The SMILES string of the molecule is C=C(NNC(=S)SC)c1ccccc1. The molecule has 1 rings (SSSR count). The van der Waals surface area contributed by atoms with E-state index < -0.39 is 0 Å². The van der Waals surface area contributed by atoms with Crippen LogP contribution in [0.2, 0.25) is 0 Å². The Morgan fingerprint density at radius 3 is 2.50 bits per heavy atom. The van der Waals surface area contributed by atoms with Gasteiger partial charge in [-0.2, -0.15) is 0 Å². The summed E-state index contributed by atoms with van der Waals surface area (Å²) in [6, 6.07) is 9.87. The third-order valence-corrected chi connectivity index (χ3v) is 2.70. The Balaban J connectivity index is 2.48. The highest BCUT2D eigenvalue weighted by Crippen LogP contribution is 2.07. The first-order valence-electron chi connectivity index (χ1n) is 4.08. The van der Waals surface area contributed by atoms with Gasteiger partial charge in [0.2, 0.25) is 0 Å². The minimum Gasteiger partial charge on any atom is -0.300 e. The maximum Gasteiger partial charge on any atom is 0.152 e. The number of thioether (sulfide) groups is 1. The maximum absolute atomic E-state index is 4.97. The number of nitrogens with one attached hydrogen (secondary N) is 2. The molecule has 74 valence electrons. The second kappa shape index (κ2) is 5.67. The number of hydrazine groups is 1. The van der Waals surface area contributed by atoms with Crippen molar-refractivity contribution >= 4 is 34.0 Å². The molecule has 0 atom stereocenters. The van der Waals surface area contributed by atoms with Gasteiger partial charge in [-0.1, -0.05) is 60.9 Å². The van der Waals surface area contributed by atoms with E-state index in [4.69, 9.17) is 12.2 Å². The number of benzene rings is 1. The highest BCUT2D eigenvalue weighted by Gasteiger charge is 1.96. The Labute approximate surface area is 93.8 Å². The van der Waals surface area contributed by atoms with Gasteiger partial charge in [-0.25, -0.2) is 0 Å². The molecule has 0 heterocycles. The fourth-order valence-corrected chi connectivity index (χ4v) is 1.09. The normalized spacial score (nSPS) is 9.21. The van der Waals surface area contributed by atoms with Crippen molar-refractivity contribution in [2.75, 3.05) is 6.26 Å². The van der Waals surface area contributed by atoms with Crippen LogP contribution in [0.25, 0.3) is 5.70 Å². The Hall–Kier alpha value is -1.00. The van der Waals surface area contributed by atoms with Crippen LogP contribution in [0.5, 0.6) is 0 Å². The van der Waals surface area contributed by atoms with Crippen LogP contribution in [-0.4, -0.2) is 10.6 Å². The fraction of sp³-hybridized carbons (Fsp3) is 0.100. The molecule has 2 N–H and O–H groups in total. The minimum absolute atomic E-state index is 0.696. The van der Waals surface area contributed by atoms with Crippen LogP contribution in [0.15, 0.2) is 36.9 Å². The monoisotopic (exact) mass is 224 g/mol. The molecule has 2 nitrogen and oxygen atoms in total. The number of rotatable bonds is 3. The molecule has 0 bridgehead atoms. The van der Waals surface area contributed by atoms with Crippen molar-refractivity contribution in [2.24, 2.45) is 0 Å². The summed E-state index contributed by atoms with van der Waals surface area (Å²) in [5.41, 5.74) is 7.67. The first-order valence-corrected chi connectivity index (χ1v) is 5.71. The van der Waals surface area contributed by atoms with E-state index in [1.54, 1.807) is 0 Å². The zero-order valence-corrected chi connectivity index (χ0v) is 9.54. The third-order valence-electron chi connectivity index (χ3n) is 1.62. The topological polar surface area (TPSA) is 24.1 Å². The Kier molecular flexibility index (Phi) is 4.49. The number of hydrogen-bond acceptors (Lipinski definition) is 3. The second-order valence-electron chi connectivity index (χ2n) is 2.59. The molecule has 14 heavy (non-hydrogen) atoms. The molecule has 0 saturated heterocycles. The van der Waals surface area contributed by atoms with Gasteiger partial charge in [-0.05, 0) is 11.8 Å². The van der Waals surface area contributed by atoms with E-state index in [1.165, 1.54) is 11.8 Å². The van der Waals surface area contributed by atoms with Gasteiger partial charge in [0.25, 0.3) is 0 Å².